The van der Waals surface area contributed by atoms with Gasteiger partial charge in [-0.2, -0.15) is 0 Å². The molecular weight excluding hydrogens is 639 g/mol. The molecule has 4 rings (SSSR count). The number of ether oxygens (including phenoxy) is 3. The van der Waals surface area contributed by atoms with E-state index in [0.29, 0.717) is 44.6 Å². The van der Waals surface area contributed by atoms with Crippen molar-refractivity contribution in [3.8, 4) is 0 Å². The molecule has 9 heteroatoms. The topological polar surface area (TPSA) is 113 Å². The van der Waals surface area contributed by atoms with Crippen molar-refractivity contribution < 1.29 is 60.5 Å². The molecule has 0 saturated heterocycles. The average molecular weight is 707 g/mol. The molecule has 0 spiro atoms. The van der Waals surface area contributed by atoms with E-state index in [2.05, 4.69) is 30.8 Å². The number of hydrogen-bond donors (Lipinski definition) is 3. The van der Waals surface area contributed by atoms with Gasteiger partial charge in [0.05, 0.1) is 25.4 Å². The molecule has 50 heavy (non-hydrogen) atoms. The van der Waals surface area contributed by atoms with Gasteiger partial charge in [0.2, 0.25) is 11.8 Å². The quantitative estimate of drug-likeness (QED) is 0.112. The summed E-state index contributed by atoms with van der Waals surface area (Å²) in [7, 11) is 0. The fourth-order valence-electron chi connectivity index (χ4n) is 5.51. The molecule has 2 aromatic rings. The van der Waals surface area contributed by atoms with E-state index in [4.69, 9.17) is 19.3 Å². The number of aliphatic hydroxyl groups excluding tert-OH is 3. The Bertz CT molecular complexity index is 1130. The van der Waals surface area contributed by atoms with Gasteiger partial charge in [-0.3, -0.25) is 0 Å². The Kier molecular flexibility index (Phi) is 28.5. The number of hydrogen-bond acceptors (Lipinski definition) is 8. The second-order valence-electron chi connectivity index (χ2n) is 13.1. The van der Waals surface area contributed by atoms with Crippen molar-refractivity contribution in [1.82, 2.24) is 0 Å². The Morgan fingerprint density at radius 2 is 1.10 bits per heavy atom. The van der Waals surface area contributed by atoms with Gasteiger partial charge < -0.3 is 31.0 Å². The van der Waals surface area contributed by atoms with Crippen molar-refractivity contribution in [2.75, 3.05) is 33.0 Å². The molecule has 8 nitrogen and oxygen atoms in total. The second kappa shape index (κ2) is 30.8. The zero-order chi connectivity index (χ0) is 35.4. The molecule has 0 bridgehead atoms. The van der Waals surface area contributed by atoms with Gasteiger partial charge in [-0.15, -0.1) is 0 Å². The van der Waals surface area contributed by atoms with Crippen molar-refractivity contribution in [1.29, 1.82) is 0 Å². The van der Waals surface area contributed by atoms with E-state index in [9.17, 15) is 10.2 Å². The maximum atomic E-state index is 9.96. The molecule has 2 aromatic carbocycles. The molecule has 0 saturated carbocycles. The third kappa shape index (κ3) is 21.6. The molecular formula is C41H67N2NaO6. The van der Waals surface area contributed by atoms with Crippen LogP contribution in [0.5, 0.6) is 0 Å². The van der Waals surface area contributed by atoms with Crippen molar-refractivity contribution in [3.63, 3.8) is 0 Å². The first-order valence-corrected chi connectivity index (χ1v) is 19.1. The average Bonchev–Trinajstić information content (AvgIpc) is 3.82. The Hall–Kier alpha value is -1.78. The molecule has 0 aromatic heterocycles. The maximum Gasteiger partial charge on any atom is 1.00 e. The summed E-state index contributed by atoms with van der Waals surface area (Å²) in [6.07, 6.45) is 17.1. The van der Waals surface area contributed by atoms with Crippen molar-refractivity contribution in [2.45, 2.75) is 141 Å². The summed E-state index contributed by atoms with van der Waals surface area (Å²) in [5.41, 5.74) is 1.98. The maximum absolute atomic E-state index is 9.96. The van der Waals surface area contributed by atoms with Gasteiger partial charge in [0.1, 0.15) is 25.3 Å². The zero-order valence-electron chi connectivity index (χ0n) is 32.7. The Morgan fingerprint density at radius 3 is 1.56 bits per heavy atom. The van der Waals surface area contributed by atoms with Gasteiger partial charge in [-0.25, -0.2) is 9.98 Å². The summed E-state index contributed by atoms with van der Waals surface area (Å²) in [4.78, 5) is 8.78. The normalized spacial score (nSPS) is 17.4. The number of aliphatic hydroxyl groups is 3. The third-order valence-corrected chi connectivity index (χ3v) is 8.49. The van der Waals surface area contributed by atoms with E-state index in [1.807, 2.05) is 60.7 Å². The number of rotatable bonds is 22. The smallest absolute Gasteiger partial charge is 1.00 e. The van der Waals surface area contributed by atoms with Crippen LogP contribution in [-0.2, 0) is 14.2 Å². The van der Waals surface area contributed by atoms with Gasteiger partial charge in [0.25, 0.3) is 0 Å². The van der Waals surface area contributed by atoms with E-state index in [-0.39, 0.29) is 61.9 Å². The largest absolute Gasteiger partial charge is 1.00 e. The third-order valence-electron chi connectivity index (χ3n) is 8.49. The van der Waals surface area contributed by atoms with Gasteiger partial charge in [-0.05, 0) is 49.9 Å². The summed E-state index contributed by atoms with van der Waals surface area (Å²) in [6, 6.07) is 19.6. The molecule has 278 valence electrons. The van der Waals surface area contributed by atoms with Crippen LogP contribution in [0, 0.1) is 0 Å². The Balaban J connectivity index is 0.000000788. The minimum Gasteiger partial charge on any atom is -1.00 e. The predicted molar refractivity (Wildman–Crippen MR) is 203 cm³/mol. The van der Waals surface area contributed by atoms with E-state index in [1.54, 1.807) is 0 Å². The van der Waals surface area contributed by atoms with Crippen LogP contribution in [0.15, 0.2) is 70.6 Å². The number of unbranched alkanes of at least 4 members (excludes halogenated alkanes) is 8. The predicted octanol–water partition coefficient (Wildman–Crippen LogP) is 5.41. The van der Waals surface area contributed by atoms with E-state index < -0.39 is 0 Å². The summed E-state index contributed by atoms with van der Waals surface area (Å²) in [6.45, 7) is 8.82. The molecule has 3 N–H and O–H groups in total. The minimum absolute atomic E-state index is 0. The van der Waals surface area contributed by atoms with Crippen LogP contribution in [0.3, 0.4) is 0 Å². The first kappa shape index (κ1) is 46.2. The van der Waals surface area contributed by atoms with Crippen LogP contribution >= 0.6 is 0 Å². The van der Waals surface area contributed by atoms with Crippen LogP contribution in [-0.4, -0.2) is 84.4 Å². The van der Waals surface area contributed by atoms with Crippen LogP contribution in [0.1, 0.15) is 130 Å². The van der Waals surface area contributed by atoms with Gasteiger partial charge in [0.15, 0.2) is 0 Å². The molecule has 2 aliphatic rings. The summed E-state index contributed by atoms with van der Waals surface area (Å²) < 4.78 is 16.6. The fraction of sp³-hybridized carbons (Fsp3) is 0.659. The number of benzene rings is 2. The Morgan fingerprint density at radius 1 is 0.640 bits per heavy atom. The van der Waals surface area contributed by atoms with Crippen LogP contribution in [0.2, 0.25) is 0 Å². The number of aliphatic imine (C=N–C) groups is 2. The van der Waals surface area contributed by atoms with Crippen molar-refractivity contribution in [2.24, 2.45) is 9.98 Å². The fourth-order valence-corrected chi connectivity index (χ4v) is 5.51. The molecule has 0 amide bonds. The molecule has 2 aliphatic heterocycles. The minimum atomic E-state index is -0.241. The van der Waals surface area contributed by atoms with Crippen molar-refractivity contribution >= 4 is 11.8 Å². The summed E-state index contributed by atoms with van der Waals surface area (Å²) in [5, 5.41) is 28.2. The molecule has 4 atom stereocenters. The van der Waals surface area contributed by atoms with E-state index in [1.165, 1.54) is 57.8 Å². The first-order chi connectivity index (χ1) is 24.0. The van der Waals surface area contributed by atoms with E-state index >= 15 is 0 Å². The second-order valence-corrected chi connectivity index (χ2v) is 13.1. The molecule has 2 heterocycles. The monoisotopic (exact) mass is 706 g/mol. The van der Waals surface area contributed by atoms with Crippen molar-refractivity contribution in [3.05, 3.63) is 71.8 Å². The summed E-state index contributed by atoms with van der Waals surface area (Å²) >= 11 is 0. The van der Waals surface area contributed by atoms with E-state index in [0.717, 1.165) is 43.2 Å². The number of nitrogens with zero attached hydrogens (tertiary/aromatic N) is 2. The SMILES string of the molecule is CCCCCCC[C@@H](O)CCC.CCCCCCC[C@@H](O)CCOC[C@@H]1COC(c2ccccc2)=N1.OC[C@@H]1COC(c2ccccc2)=N1.[H-].[Na+]. The summed E-state index contributed by atoms with van der Waals surface area (Å²) in [5.74, 6) is 1.34. The van der Waals surface area contributed by atoms with Gasteiger partial charge >= 0.3 is 29.6 Å². The molecule has 0 aliphatic carbocycles. The zero-order valence-corrected chi connectivity index (χ0v) is 33.7. The van der Waals surface area contributed by atoms with Crippen LogP contribution in [0.25, 0.3) is 0 Å². The standard InChI is InChI=1S/C20H31NO3.C11H24O.C10H11NO2.Na.H/c1-2-3-4-5-9-12-19(22)13-14-23-15-18-16-24-20(21-18)17-10-7-6-8-11-17;1-3-5-6-7-8-10-11(12)9-4-2;12-6-9-7-13-10(11-9)8-4-2-1-3-5-8;;/h6-8,10-11,18-19,22H,2-5,9,12-16H2,1H3;11-12H,3-10H2,1-2H3;1-5,9,12H,6-7H2;;/q;;;+1;-1/t18-,19-;11-;9-;;/m101../s1. The first-order valence-electron chi connectivity index (χ1n) is 19.1. The van der Waals surface area contributed by atoms with Crippen LogP contribution in [0.4, 0.5) is 0 Å². The van der Waals surface area contributed by atoms with Crippen LogP contribution < -0.4 is 29.6 Å². The molecule has 0 unspecified atom stereocenters. The van der Waals surface area contributed by atoms with Gasteiger partial charge in [0, 0.05) is 17.7 Å². The molecule has 0 fully saturated rings. The Labute approximate surface area is 326 Å². The van der Waals surface area contributed by atoms with Gasteiger partial charge in [-0.1, -0.05) is 128 Å². The molecule has 0 radical (unpaired) electrons.